The van der Waals surface area contributed by atoms with Crippen molar-refractivity contribution in [2.75, 3.05) is 14.2 Å². The summed E-state index contributed by atoms with van der Waals surface area (Å²) in [5.74, 6) is 1.13. The molecule has 0 aromatic heterocycles. The Morgan fingerprint density at radius 3 is 2.64 bits per heavy atom. The molecule has 0 unspecified atom stereocenters. The third-order valence-corrected chi connectivity index (χ3v) is 3.92. The molecule has 0 atom stereocenters. The summed E-state index contributed by atoms with van der Waals surface area (Å²) < 4.78 is 11.3. The average molecular weight is 385 g/mol. The fraction of sp³-hybridized carbons (Fsp3) is 0.188. The van der Waals surface area contributed by atoms with Gasteiger partial charge in [0.25, 0.3) is 5.91 Å². The van der Waals surface area contributed by atoms with E-state index in [0.717, 1.165) is 10.0 Å². The van der Waals surface area contributed by atoms with Gasteiger partial charge in [-0.2, -0.15) is 0 Å². The third-order valence-electron chi connectivity index (χ3n) is 3.10. The summed E-state index contributed by atoms with van der Waals surface area (Å²) in [5.41, 5.74) is 1.24. The number of methoxy groups -OCH3 is 2. The topological polar surface area (TPSA) is 47.6 Å². The molecule has 0 radical (unpaired) electrons. The maximum atomic E-state index is 12.3. The normalized spacial score (nSPS) is 10.2. The Bertz CT molecular complexity index is 691. The van der Waals surface area contributed by atoms with Crippen LogP contribution in [0.3, 0.4) is 0 Å². The van der Waals surface area contributed by atoms with Crippen LogP contribution in [0.15, 0.2) is 40.9 Å². The first-order valence-electron chi connectivity index (χ1n) is 6.49. The molecule has 1 N–H and O–H groups in total. The van der Waals surface area contributed by atoms with Crippen molar-refractivity contribution in [2.24, 2.45) is 0 Å². The van der Waals surface area contributed by atoms with Gasteiger partial charge < -0.3 is 14.8 Å². The highest BCUT2D eigenvalue weighted by Crippen LogP contribution is 2.24. The molecule has 0 aliphatic carbocycles. The molecule has 22 heavy (non-hydrogen) atoms. The van der Waals surface area contributed by atoms with Crippen LogP contribution in [0, 0.1) is 0 Å². The van der Waals surface area contributed by atoms with Crippen molar-refractivity contribution in [1.82, 2.24) is 5.32 Å². The number of halogens is 2. The van der Waals surface area contributed by atoms with Crippen molar-refractivity contribution in [1.29, 1.82) is 0 Å². The molecule has 0 heterocycles. The van der Waals surface area contributed by atoms with Gasteiger partial charge in [0.05, 0.1) is 24.8 Å². The highest BCUT2D eigenvalue weighted by molar-refractivity contribution is 9.10. The quantitative estimate of drug-likeness (QED) is 0.846. The molecule has 2 aromatic carbocycles. The van der Waals surface area contributed by atoms with Gasteiger partial charge in [-0.15, -0.1) is 0 Å². The Kier molecular flexibility index (Phi) is 5.69. The molecular weight excluding hydrogens is 370 g/mol. The highest BCUT2D eigenvalue weighted by atomic mass is 79.9. The van der Waals surface area contributed by atoms with Crippen LogP contribution in [0.25, 0.3) is 0 Å². The van der Waals surface area contributed by atoms with Gasteiger partial charge in [-0.3, -0.25) is 4.79 Å². The third kappa shape index (κ3) is 3.93. The molecule has 0 fully saturated rings. The lowest BCUT2D eigenvalue weighted by Crippen LogP contribution is -2.23. The standard InChI is InChI=1S/C16H15BrClNO3/c1-21-12-4-6-15(22-2)10(7-12)9-19-16(20)13-8-11(17)3-5-14(13)18/h3-8H,9H2,1-2H3,(H,19,20). The number of ether oxygens (including phenoxy) is 2. The zero-order valence-corrected chi connectivity index (χ0v) is 14.5. The largest absolute Gasteiger partial charge is 0.497 e. The summed E-state index contributed by atoms with van der Waals surface area (Å²) in [6.45, 7) is 0.308. The molecule has 0 aliphatic rings. The zero-order valence-electron chi connectivity index (χ0n) is 12.2. The molecule has 1 amide bonds. The molecule has 2 rings (SSSR count). The van der Waals surface area contributed by atoms with E-state index in [1.165, 1.54) is 0 Å². The van der Waals surface area contributed by atoms with Crippen molar-refractivity contribution >= 4 is 33.4 Å². The van der Waals surface area contributed by atoms with Crippen molar-refractivity contribution in [3.8, 4) is 11.5 Å². The second kappa shape index (κ2) is 7.51. The van der Waals surface area contributed by atoms with E-state index in [1.807, 2.05) is 6.07 Å². The minimum Gasteiger partial charge on any atom is -0.497 e. The summed E-state index contributed by atoms with van der Waals surface area (Å²) in [6, 6.07) is 10.6. The molecule has 0 spiro atoms. The number of carbonyl (C=O) groups excluding carboxylic acids is 1. The Balaban J connectivity index is 2.15. The lowest BCUT2D eigenvalue weighted by Gasteiger charge is -2.12. The molecule has 4 nitrogen and oxygen atoms in total. The van der Waals surface area contributed by atoms with Crippen molar-refractivity contribution in [3.05, 3.63) is 57.0 Å². The maximum absolute atomic E-state index is 12.3. The van der Waals surface area contributed by atoms with Gasteiger partial charge in [0.1, 0.15) is 11.5 Å². The lowest BCUT2D eigenvalue weighted by atomic mass is 10.1. The summed E-state index contributed by atoms with van der Waals surface area (Å²) in [6.07, 6.45) is 0. The SMILES string of the molecule is COc1ccc(OC)c(CNC(=O)c2cc(Br)ccc2Cl)c1. The van der Waals surface area contributed by atoms with Crippen LogP contribution in [0.5, 0.6) is 11.5 Å². The Hall–Kier alpha value is -1.72. The van der Waals surface area contributed by atoms with E-state index in [4.69, 9.17) is 21.1 Å². The molecule has 0 saturated heterocycles. The first-order chi connectivity index (χ1) is 10.5. The van der Waals surface area contributed by atoms with E-state index in [0.29, 0.717) is 28.6 Å². The zero-order chi connectivity index (χ0) is 16.1. The first kappa shape index (κ1) is 16.6. The molecule has 116 valence electrons. The molecule has 6 heteroatoms. The number of rotatable bonds is 5. The smallest absolute Gasteiger partial charge is 0.253 e. The molecule has 2 aromatic rings. The second-order valence-electron chi connectivity index (χ2n) is 4.48. The minimum atomic E-state index is -0.254. The van der Waals surface area contributed by atoms with Crippen LogP contribution in [0.1, 0.15) is 15.9 Å². The maximum Gasteiger partial charge on any atom is 0.253 e. The van der Waals surface area contributed by atoms with Crippen LogP contribution in [-0.2, 0) is 6.54 Å². The van der Waals surface area contributed by atoms with E-state index in [1.54, 1.807) is 44.6 Å². The van der Waals surface area contributed by atoms with Gasteiger partial charge in [-0.1, -0.05) is 27.5 Å². The number of nitrogens with one attached hydrogen (secondary N) is 1. The number of amides is 1. The van der Waals surface area contributed by atoms with E-state index in [-0.39, 0.29) is 5.91 Å². The number of hydrogen-bond donors (Lipinski definition) is 1. The van der Waals surface area contributed by atoms with Gasteiger partial charge in [-0.25, -0.2) is 0 Å². The van der Waals surface area contributed by atoms with Gasteiger partial charge in [-0.05, 0) is 36.4 Å². The van der Waals surface area contributed by atoms with Crippen LogP contribution in [-0.4, -0.2) is 20.1 Å². The fourth-order valence-electron chi connectivity index (χ4n) is 1.96. The first-order valence-corrected chi connectivity index (χ1v) is 7.66. The summed E-state index contributed by atoms with van der Waals surface area (Å²) in [4.78, 5) is 12.3. The van der Waals surface area contributed by atoms with Crippen molar-refractivity contribution < 1.29 is 14.3 Å². The second-order valence-corrected chi connectivity index (χ2v) is 5.81. The predicted octanol–water partition coefficient (Wildman–Crippen LogP) is 4.05. The van der Waals surface area contributed by atoms with Crippen LogP contribution < -0.4 is 14.8 Å². The fourth-order valence-corrected chi connectivity index (χ4v) is 2.53. The number of benzene rings is 2. The Morgan fingerprint density at radius 1 is 1.18 bits per heavy atom. The average Bonchev–Trinajstić information content (AvgIpc) is 2.54. The van der Waals surface area contributed by atoms with Gasteiger partial charge >= 0.3 is 0 Å². The van der Waals surface area contributed by atoms with Crippen molar-refractivity contribution in [2.45, 2.75) is 6.54 Å². The highest BCUT2D eigenvalue weighted by Gasteiger charge is 2.12. The van der Waals surface area contributed by atoms with E-state index < -0.39 is 0 Å². The van der Waals surface area contributed by atoms with Gasteiger partial charge in [0.2, 0.25) is 0 Å². The Labute approximate surface area is 142 Å². The van der Waals surface area contributed by atoms with Gasteiger partial charge in [0.15, 0.2) is 0 Å². The summed E-state index contributed by atoms with van der Waals surface area (Å²) in [7, 11) is 3.17. The summed E-state index contributed by atoms with van der Waals surface area (Å²) >= 11 is 9.38. The van der Waals surface area contributed by atoms with E-state index in [9.17, 15) is 4.79 Å². The number of carbonyl (C=O) groups is 1. The van der Waals surface area contributed by atoms with E-state index >= 15 is 0 Å². The monoisotopic (exact) mass is 383 g/mol. The lowest BCUT2D eigenvalue weighted by molar-refractivity contribution is 0.0950. The predicted molar refractivity (Wildman–Crippen MR) is 89.9 cm³/mol. The molecule has 0 bridgehead atoms. The molecule has 0 aliphatic heterocycles. The Morgan fingerprint density at radius 2 is 1.95 bits per heavy atom. The summed E-state index contributed by atoms with van der Waals surface area (Å²) in [5, 5.41) is 3.23. The number of hydrogen-bond acceptors (Lipinski definition) is 3. The van der Waals surface area contributed by atoms with E-state index in [2.05, 4.69) is 21.2 Å². The molecule has 0 saturated carbocycles. The van der Waals surface area contributed by atoms with Gasteiger partial charge in [0, 0.05) is 16.6 Å². The van der Waals surface area contributed by atoms with Crippen molar-refractivity contribution in [3.63, 3.8) is 0 Å². The van der Waals surface area contributed by atoms with Crippen LogP contribution >= 0.6 is 27.5 Å². The minimum absolute atomic E-state index is 0.254. The van der Waals surface area contributed by atoms with Crippen LogP contribution in [0.2, 0.25) is 5.02 Å². The molecular formula is C16H15BrClNO3. The van der Waals surface area contributed by atoms with Crippen LogP contribution in [0.4, 0.5) is 0 Å².